The summed E-state index contributed by atoms with van der Waals surface area (Å²) < 4.78 is 11.3. The van der Waals surface area contributed by atoms with E-state index >= 15 is 0 Å². The number of hydrogen-bond donors (Lipinski definition) is 3. The second-order valence-corrected chi connectivity index (χ2v) is 7.88. The van der Waals surface area contributed by atoms with Crippen LogP contribution in [0.4, 0.5) is 0 Å². The van der Waals surface area contributed by atoms with Gasteiger partial charge < -0.3 is 25.4 Å². The number of ether oxygens (including phenoxy) is 2. The summed E-state index contributed by atoms with van der Waals surface area (Å²) in [6.07, 6.45) is 7.63. The van der Waals surface area contributed by atoms with Gasteiger partial charge in [0.05, 0.1) is 17.6 Å². The lowest BCUT2D eigenvalue weighted by molar-refractivity contribution is -0.136. The van der Waals surface area contributed by atoms with Gasteiger partial charge in [-0.25, -0.2) is 0 Å². The summed E-state index contributed by atoms with van der Waals surface area (Å²) >= 11 is 0. The number of amides is 2. The molecule has 3 rings (SSSR count). The van der Waals surface area contributed by atoms with Gasteiger partial charge in [0.25, 0.3) is 0 Å². The second-order valence-electron chi connectivity index (χ2n) is 7.88. The standard InChI is InChI=1S/C19H33N3O4.ClH/c23-17(21-12-15-5-1-3-9-25-15)11-19(7-8-20-14-19)18(24)22-13-16-6-2-4-10-26-16;/h15-16,20H,1-14H2,(H,21,23)(H,22,24);1H. The predicted octanol–water partition coefficient (Wildman–Crippen LogP) is 1.15. The summed E-state index contributed by atoms with van der Waals surface area (Å²) in [4.78, 5) is 25.3. The molecule has 0 radical (unpaired) electrons. The zero-order valence-corrected chi connectivity index (χ0v) is 16.9. The molecule has 0 aromatic carbocycles. The van der Waals surface area contributed by atoms with Gasteiger partial charge in [-0.05, 0) is 51.5 Å². The molecule has 7 nitrogen and oxygen atoms in total. The van der Waals surface area contributed by atoms with E-state index in [0.717, 1.165) is 58.3 Å². The number of carbonyl (C=O) groups is 2. The van der Waals surface area contributed by atoms with Gasteiger partial charge in [-0.15, -0.1) is 12.4 Å². The van der Waals surface area contributed by atoms with Gasteiger partial charge in [-0.2, -0.15) is 0 Å². The second kappa shape index (κ2) is 11.2. The van der Waals surface area contributed by atoms with Crippen LogP contribution in [-0.4, -0.2) is 63.4 Å². The van der Waals surface area contributed by atoms with Crippen molar-refractivity contribution in [2.75, 3.05) is 39.4 Å². The SMILES string of the molecule is Cl.O=C(CC1(C(=O)NCC2CCCCO2)CCNC1)NCC1CCCCO1. The molecule has 27 heavy (non-hydrogen) atoms. The maximum atomic E-state index is 12.8. The molecule has 3 atom stereocenters. The van der Waals surface area contributed by atoms with E-state index in [4.69, 9.17) is 9.47 Å². The number of carbonyl (C=O) groups excluding carboxylic acids is 2. The first-order valence-corrected chi connectivity index (χ1v) is 10.2. The van der Waals surface area contributed by atoms with Crippen molar-refractivity contribution < 1.29 is 19.1 Å². The fourth-order valence-electron chi connectivity index (χ4n) is 4.10. The number of nitrogens with one attached hydrogen (secondary N) is 3. The molecule has 8 heteroatoms. The van der Waals surface area contributed by atoms with E-state index in [0.29, 0.717) is 26.1 Å². The first-order valence-electron chi connectivity index (χ1n) is 10.2. The third-order valence-electron chi connectivity index (χ3n) is 5.79. The number of rotatable bonds is 7. The van der Waals surface area contributed by atoms with Crippen molar-refractivity contribution in [2.24, 2.45) is 5.41 Å². The minimum absolute atomic E-state index is 0. The number of halogens is 1. The van der Waals surface area contributed by atoms with Gasteiger partial charge in [-0.1, -0.05) is 0 Å². The molecular weight excluding hydrogens is 370 g/mol. The van der Waals surface area contributed by atoms with Crippen molar-refractivity contribution in [1.29, 1.82) is 0 Å². The van der Waals surface area contributed by atoms with E-state index in [1.807, 2.05) is 0 Å². The highest BCUT2D eigenvalue weighted by Gasteiger charge is 2.43. The van der Waals surface area contributed by atoms with E-state index in [-0.39, 0.29) is 42.9 Å². The summed E-state index contributed by atoms with van der Waals surface area (Å²) in [5, 5.41) is 9.25. The van der Waals surface area contributed by atoms with E-state index in [1.165, 1.54) is 0 Å². The van der Waals surface area contributed by atoms with Crippen LogP contribution in [0.25, 0.3) is 0 Å². The van der Waals surface area contributed by atoms with Crippen molar-refractivity contribution >= 4 is 24.2 Å². The lowest BCUT2D eigenvalue weighted by Crippen LogP contribution is -2.48. The van der Waals surface area contributed by atoms with Gasteiger partial charge in [0.1, 0.15) is 0 Å². The van der Waals surface area contributed by atoms with Gasteiger partial charge in [-0.3, -0.25) is 9.59 Å². The Morgan fingerprint density at radius 2 is 1.59 bits per heavy atom. The van der Waals surface area contributed by atoms with Crippen molar-refractivity contribution in [3.8, 4) is 0 Å². The van der Waals surface area contributed by atoms with Crippen LogP contribution in [0.1, 0.15) is 51.4 Å². The fourth-order valence-corrected chi connectivity index (χ4v) is 4.10. The molecule has 3 saturated heterocycles. The zero-order chi connectivity index (χ0) is 18.2. The molecule has 0 bridgehead atoms. The summed E-state index contributed by atoms with van der Waals surface area (Å²) in [5.74, 6) is -0.0901. The topological polar surface area (TPSA) is 88.7 Å². The Balaban J connectivity index is 0.00000261. The molecule has 3 heterocycles. The molecule has 0 saturated carbocycles. The molecule has 0 aromatic heterocycles. The summed E-state index contributed by atoms with van der Waals surface area (Å²) in [6, 6.07) is 0. The van der Waals surface area contributed by atoms with Crippen LogP contribution in [0.3, 0.4) is 0 Å². The van der Waals surface area contributed by atoms with Gasteiger partial charge in [0, 0.05) is 39.3 Å². The van der Waals surface area contributed by atoms with E-state index < -0.39 is 5.41 Å². The molecule has 0 aliphatic carbocycles. The first-order chi connectivity index (χ1) is 12.7. The molecule has 3 aliphatic heterocycles. The highest BCUT2D eigenvalue weighted by Crippen LogP contribution is 2.30. The third-order valence-corrected chi connectivity index (χ3v) is 5.79. The highest BCUT2D eigenvalue weighted by atomic mass is 35.5. The fraction of sp³-hybridized carbons (Fsp3) is 0.895. The lowest BCUT2D eigenvalue weighted by atomic mass is 9.82. The summed E-state index contributed by atoms with van der Waals surface area (Å²) in [5.41, 5.74) is -0.647. The Morgan fingerprint density at radius 3 is 2.11 bits per heavy atom. The van der Waals surface area contributed by atoms with Crippen LogP contribution in [0.5, 0.6) is 0 Å². The van der Waals surface area contributed by atoms with Crippen LogP contribution >= 0.6 is 12.4 Å². The zero-order valence-electron chi connectivity index (χ0n) is 16.1. The van der Waals surface area contributed by atoms with E-state index in [9.17, 15) is 9.59 Å². The predicted molar refractivity (Wildman–Crippen MR) is 105 cm³/mol. The van der Waals surface area contributed by atoms with Crippen LogP contribution in [-0.2, 0) is 19.1 Å². The van der Waals surface area contributed by atoms with Crippen molar-refractivity contribution in [3.63, 3.8) is 0 Å². The Morgan fingerprint density at radius 1 is 0.963 bits per heavy atom. The Kier molecular flexibility index (Phi) is 9.29. The van der Waals surface area contributed by atoms with Crippen molar-refractivity contribution in [1.82, 2.24) is 16.0 Å². The largest absolute Gasteiger partial charge is 0.376 e. The third kappa shape index (κ3) is 6.59. The van der Waals surface area contributed by atoms with Gasteiger partial charge >= 0.3 is 0 Å². The summed E-state index contributed by atoms with van der Waals surface area (Å²) in [7, 11) is 0. The van der Waals surface area contributed by atoms with Crippen LogP contribution < -0.4 is 16.0 Å². The molecule has 3 N–H and O–H groups in total. The average molecular weight is 404 g/mol. The van der Waals surface area contributed by atoms with E-state index in [1.54, 1.807) is 0 Å². The molecule has 0 aromatic rings. The number of hydrogen-bond acceptors (Lipinski definition) is 5. The van der Waals surface area contributed by atoms with Crippen molar-refractivity contribution in [3.05, 3.63) is 0 Å². The first kappa shape index (κ1) is 22.4. The summed E-state index contributed by atoms with van der Waals surface area (Å²) in [6.45, 7) is 3.96. The van der Waals surface area contributed by atoms with Gasteiger partial charge in [0.15, 0.2) is 0 Å². The molecule has 3 unspecified atom stereocenters. The molecule has 0 spiro atoms. The normalized spacial score (nSPS) is 31.0. The smallest absolute Gasteiger partial charge is 0.228 e. The maximum Gasteiger partial charge on any atom is 0.228 e. The minimum Gasteiger partial charge on any atom is -0.376 e. The molecule has 156 valence electrons. The maximum absolute atomic E-state index is 12.8. The van der Waals surface area contributed by atoms with Crippen LogP contribution in [0.15, 0.2) is 0 Å². The average Bonchev–Trinajstić information content (AvgIpc) is 3.16. The Hall–Kier alpha value is -0.890. The molecule has 3 aliphatic rings. The molecule has 2 amide bonds. The van der Waals surface area contributed by atoms with Gasteiger partial charge in [0.2, 0.25) is 11.8 Å². The minimum atomic E-state index is -0.647. The molecular formula is C19H34ClN3O4. The Labute approximate surface area is 168 Å². The monoisotopic (exact) mass is 403 g/mol. The van der Waals surface area contributed by atoms with Crippen LogP contribution in [0.2, 0.25) is 0 Å². The van der Waals surface area contributed by atoms with Crippen molar-refractivity contribution in [2.45, 2.75) is 63.6 Å². The van der Waals surface area contributed by atoms with E-state index in [2.05, 4.69) is 16.0 Å². The highest BCUT2D eigenvalue weighted by molar-refractivity contribution is 5.89. The lowest BCUT2D eigenvalue weighted by Gasteiger charge is -2.29. The quantitative estimate of drug-likeness (QED) is 0.593. The van der Waals surface area contributed by atoms with Crippen LogP contribution in [0, 0.1) is 5.41 Å². The molecule has 3 fully saturated rings. The Bertz CT molecular complexity index is 474.